The van der Waals surface area contributed by atoms with Crippen molar-refractivity contribution in [3.8, 4) is 0 Å². The van der Waals surface area contributed by atoms with Crippen LogP contribution in [0.15, 0.2) is 60.3 Å². The Bertz CT molecular complexity index is 953. The molecule has 8 nitrogen and oxygen atoms in total. The topological polar surface area (TPSA) is 111 Å². The third kappa shape index (κ3) is 6.90. The van der Waals surface area contributed by atoms with Crippen LogP contribution in [-0.2, 0) is 23.9 Å². The molecule has 0 heterocycles. The Morgan fingerprint density at radius 1 is 0.933 bits per heavy atom. The molecule has 0 radical (unpaired) electrons. The van der Waals surface area contributed by atoms with E-state index in [9.17, 15) is 19.2 Å². The monoisotopic (exact) mass is 410 g/mol. The van der Waals surface area contributed by atoms with Crippen molar-refractivity contribution in [2.75, 3.05) is 18.5 Å². The van der Waals surface area contributed by atoms with E-state index in [-0.39, 0.29) is 23.6 Å². The molecule has 2 aromatic carbocycles. The molecule has 2 rings (SSSR count). The van der Waals surface area contributed by atoms with Gasteiger partial charge in [0.05, 0.1) is 17.9 Å². The molecule has 0 saturated heterocycles. The van der Waals surface area contributed by atoms with Gasteiger partial charge < -0.3 is 20.1 Å². The molecule has 0 bridgehead atoms. The highest BCUT2D eigenvalue weighted by molar-refractivity contribution is 6.03. The van der Waals surface area contributed by atoms with Gasteiger partial charge in [0.15, 0.2) is 6.61 Å². The smallest absolute Gasteiger partial charge is 0.355 e. The summed E-state index contributed by atoms with van der Waals surface area (Å²) in [6, 6.07) is 15.2. The summed E-state index contributed by atoms with van der Waals surface area (Å²) in [5.41, 5.74) is 0.986. The number of carbonyl (C=O) groups is 4. The first-order valence-electron chi connectivity index (χ1n) is 9.18. The SMILES string of the molecule is CCOC(=O)c1ccccc1NC(=O)COC(=O)/C(=C/c1ccccc1)NC(C)=O. The van der Waals surface area contributed by atoms with Crippen molar-refractivity contribution in [3.05, 3.63) is 71.4 Å². The summed E-state index contributed by atoms with van der Waals surface area (Å²) in [5, 5.41) is 4.91. The number of hydrogen-bond donors (Lipinski definition) is 2. The molecule has 0 unspecified atom stereocenters. The molecular weight excluding hydrogens is 388 g/mol. The van der Waals surface area contributed by atoms with Gasteiger partial charge in [-0.15, -0.1) is 0 Å². The zero-order valence-corrected chi connectivity index (χ0v) is 16.6. The standard InChI is InChI=1S/C22H22N2O6/c1-3-29-21(27)17-11-7-8-12-18(17)24-20(26)14-30-22(28)19(23-15(2)25)13-16-9-5-4-6-10-16/h4-13H,3,14H2,1-2H3,(H,23,25)(H,24,26)/b19-13-. The fraction of sp³-hybridized carbons (Fsp3) is 0.182. The van der Waals surface area contributed by atoms with Crippen LogP contribution in [0, 0.1) is 0 Å². The predicted octanol–water partition coefficient (Wildman–Crippen LogP) is 2.52. The average molecular weight is 410 g/mol. The largest absolute Gasteiger partial charge is 0.462 e. The second-order valence-corrected chi connectivity index (χ2v) is 6.04. The number of esters is 2. The Morgan fingerprint density at radius 2 is 1.60 bits per heavy atom. The molecule has 2 amide bonds. The fourth-order valence-corrected chi connectivity index (χ4v) is 2.43. The minimum absolute atomic E-state index is 0.103. The van der Waals surface area contributed by atoms with Gasteiger partial charge in [0.25, 0.3) is 5.91 Å². The molecule has 0 aliphatic carbocycles. The molecule has 0 fully saturated rings. The number of carbonyl (C=O) groups excluding carboxylic acids is 4. The number of ether oxygens (including phenoxy) is 2. The highest BCUT2D eigenvalue weighted by atomic mass is 16.5. The maximum atomic E-state index is 12.3. The molecule has 30 heavy (non-hydrogen) atoms. The number of para-hydroxylation sites is 1. The highest BCUT2D eigenvalue weighted by Crippen LogP contribution is 2.16. The zero-order valence-electron chi connectivity index (χ0n) is 16.6. The molecule has 0 saturated carbocycles. The summed E-state index contributed by atoms with van der Waals surface area (Å²) in [6.07, 6.45) is 1.44. The van der Waals surface area contributed by atoms with Crippen LogP contribution in [0.25, 0.3) is 6.08 Å². The first-order chi connectivity index (χ1) is 14.4. The molecule has 156 valence electrons. The van der Waals surface area contributed by atoms with Crippen LogP contribution in [-0.4, -0.2) is 37.0 Å². The van der Waals surface area contributed by atoms with E-state index >= 15 is 0 Å². The van der Waals surface area contributed by atoms with E-state index < -0.39 is 30.4 Å². The number of anilines is 1. The Kier molecular flexibility index (Phi) is 8.31. The first kappa shape index (κ1) is 22.4. The summed E-state index contributed by atoms with van der Waals surface area (Å²) in [6.45, 7) is 2.51. The lowest BCUT2D eigenvalue weighted by molar-refractivity contribution is -0.144. The van der Waals surface area contributed by atoms with E-state index in [1.807, 2.05) is 6.07 Å². The quantitative estimate of drug-likeness (QED) is 0.511. The minimum atomic E-state index is -0.872. The summed E-state index contributed by atoms with van der Waals surface area (Å²) >= 11 is 0. The number of amides is 2. The van der Waals surface area contributed by atoms with Crippen LogP contribution in [0.3, 0.4) is 0 Å². The zero-order chi connectivity index (χ0) is 21.9. The Morgan fingerprint density at radius 3 is 2.27 bits per heavy atom. The van der Waals surface area contributed by atoms with E-state index in [2.05, 4.69) is 10.6 Å². The number of hydrogen-bond acceptors (Lipinski definition) is 6. The van der Waals surface area contributed by atoms with Crippen molar-refractivity contribution in [2.24, 2.45) is 0 Å². The van der Waals surface area contributed by atoms with Crippen LogP contribution in [0.1, 0.15) is 29.8 Å². The molecule has 2 N–H and O–H groups in total. The molecule has 0 spiro atoms. The van der Waals surface area contributed by atoms with E-state index in [1.165, 1.54) is 25.1 Å². The minimum Gasteiger partial charge on any atom is -0.462 e. The number of rotatable bonds is 8. The summed E-state index contributed by atoms with van der Waals surface area (Å²) in [5.74, 6) is -2.56. The molecule has 0 atom stereocenters. The van der Waals surface area contributed by atoms with Gasteiger partial charge in [-0.3, -0.25) is 9.59 Å². The van der Waals surface area contributed by atoms with Gasteiger partial charge in [-0.25, -0.2) is 9.59 Å². The fourth-order valence-electron chi connectivity index (χ4n) is 2.43. The van der Waals surface area contributed by atoms with Gasteiger partial charge in [-0.05, 0) is 30.7 Å². The van der Waals surface area contributed by atoms with Crippen LogP contribution >= 0.6 is 0 Å². The van der Waals surface area contributed by atoms with Crippen molar-refractivity contribution < 1.29 is 28.7 Å². The Labute approximate surface area is 173 Å². The van der Waals surface area contributed by atoms with Gasteiger partial charge >= 0.3 is 11.9 Å². The molecule has 0 aliphatic rings. The highest BCUT2D eigenvalue weighted by Gasteiger charge is 2.17. The van der Waals surface area contributed by atoms with Gasteiger partial charge in [0.1, 0.15) is 5.70 Å². The molecule has 0 aromatic heterocycles. The van der Waals surface area contributed by atoms with Crippen molar-refractivity contribution in [1.29, 1.82) is 0 Å². The maximum Gasteiger partial charge on any atom is 0.355 e. The lowest BCUT2D eigenvalue weighted by atomic mass is 10.2. The third-order valence-electron chi connectivity index (χ3n) is 3.67. The summed E-state index contributed by atoms with van der Waals surface area (Å²) < 4.78 is 9.96. The van der Waals surface area contributed by atoms with Crippen LogP contribution in [0.5, 0.6) is 0 Å². The number of nitrogens with one attached hydrogen (secondary N) is 2. The van der Waals surface area contributed by atoms with Gasteiger partial charge in [-0.1, -0.05) is 42.5 Å². The normalized spacial score (nSPS) is 10.7. The van der Waals surface area contributed by atoms with Gasteiger partial charge in [-0.2, -0.15) is 0 Å². The lowest BCUT2D eigenvalue weighted by Gasteiger charge is -2.11. The van der Waals surface area contributed by atoms with Crippen LogP contribution < -0.4 is 10.6 Å². The third-order valence-corrected chi connectivity index (χ3v) is 3.67. The summed E-state index contributed by atoms with van der Waals surface area (Å²) in [4.78, 5) is 47.9. The van der Waals surface area contributed by atoms with Crippen molar-refractivity contribution in [2.45, 2.75) is 13.8 Å². The van der Waals surface area contributed by atoms with Crippen LogP contribution in [0.2, 0.25) is 0 Å². The van der Waals surface area contributed by atoms with E-state index in [4.69, 9.17) is 9.47 Å². The second kappa shape index (κ2) is 11.2. The van der Waals surface area contributed by atoms with E-state index in [0.29, 0.717) is 5.56 Å². The maximum absolute atomic E-state index is 12.3. The number of benzene rings is 2. The molecule has 0 aliphatic heterocycles. The lowest BCUT2D eigenvalue weighted by Crippen LogP contribution is -2.29. The second-order valence-electron chi connectivity index (χ2n) is 6.04. The molecule has 2 aromatic rings. The first-order valence-corrected chi connectivity index (χ1v) is 9.18. The van der Waals surface area contributed by atoms with Crippen molar-refractivity contribution in [1.82, 2.24) is 5.32 Å². The van der Waals surface area contributed by atoms with Crippen molar-refractivity contribution >= 4 is 35.5 Å². The van der Waals surface area contributed by atoms with E-state index in [1.54, 1.807) is 43.3 Å². The van der Waals surface area contributed by atoms with Crippen molar-refractivity contribution in [3.63, 3.8) is 0 Å². The Hall–Kier alpha value is -3.94. The average Bonchev–Trinajstić information content (AvgIpc) is 2.72. The predicted molar refractivity (Wildman–Crippen MR) is 110 cm³/mol. The van der Waals surface area contributed by atoms with Gasteiger partial charge in [0.2, 0.25) is 5.91 Å². The Balaban J connectivity index is 2.04. The summed E-state index contributed by atoms with van der Waals surface area (Å²) in [7, 11) is 0. The van der Waals surface area contributed by atoms with Gasteiger partial charge in [0, 0.05) is 6.92 Å². The molecular formula is C22H22N2O6. The van der Waals surface area contributed by atoms with E-state index in [0.717, 1.165) is 0 Å². The van der Waals surface area contributed by atoms with Crippen LogP contribution in [0.4, 0.5) is 5.69 Å². The molecule has 8 heteroatoms.